The Morgan fingerprint density at radius 1 is 1.28 bits per heavy atom. The Balaban J connectivity index is 1.59. The van der Waals surface area contributed by atoms with Gasteiger partial charge in [0.15, 0.2) is 11.6 Å². The number of sulfonamides is 1. The van der Waals surface area contributed by atoms with Crippen LogP contribution in [0.5, 0.6) is 5.75 Å². The van der Waals surface area contributed by atoms with E-state index >= 15 is 0 Å². The molecule has 8 nitrogen and oxygen atoms in total. The van der Waals surface area contributed by atoms with Crippen molar-refractivity contribution in [2.45, 2.75) is 57.1 Å². The molecule has 1 saturated heterocycles. The van der Waals surface area contributed by atoms with E-state index in [9.17, 15) is 22.4 Å². The molecule has 2 fully saturated rings. The Hall–Kier alpha value is -2.20. The molecule has 0 bridgehead atoms. The number of hydrogen-bond donors (Lipinski definition) is 2. The molecule has 32 heavy (non-hydrogen) atoms. The first-order valence-corrected chi connectivity index (χ1v) is 12.8. The second-order valence-electron chi connectivity index (χ2n) is 8.79. The molecule has 1 aromatic carbocycles. The number of benzene rings is 1. The largest absolute Gasteiger partial charge is 0.490 e. The van der Waals surface area contributed by atoms with Crippen molar-refractivity contribution in [3.05, 3.63) is 29.6 Å². The fourth-order valence-corrected chi connectivity index (χ4v) is 5.42. The zero-order valence-electron chi connectivity index (χ0n) is 18.4. The molecule has 1 heterocycles. The molecule has 0 aromatic heterocycles. The number of urea groups is 1. The Morgan fingerprint density at radius 3 is 2.62 bits per heavy atom. The average Bonchev–Trinajstić information content (AvgIpc) is 3.49. The molecule has 178 valence electrons. The molecular weight excluding hydrogens is 437 g/mol. The van der Waals surface area contributed by atoms with Gasteiger partial charge in [0.2, 0.25) is 15.9 Å². The molecule has 2 unspecified atom stereocenters. The summed E-state index contributed by atoms with van der Waals surface area (Å²) in [7, 11) is -3.80. The maximum Gasteiger partial charge on any atom is 0.324 e. The first-order chi connectivity index (χ1) is 15.2. The highest BCUT2D eigenvalue weighted by molar-refractivity contribution is 7.89. The van der Waals surface area contributed by atoms with Gasteiger partial charge < -0.3 is 9.64 Å². The van der Waals surface area contributed by atoms with E-state index in [0.29, 0.717) is 51.2 Å². The van der Waals surface area contributed by atoms with E-state index < -0.39 is 27.1 Å². The molecular formula is C22H32FN3O5S. The van der Waals surface area contributed by atoms with Crippen molar-refractivity contribution >= 4 is 22.0 Å². The minimum absolute atomic E-state index is 0.0325. The highest BCUT2D eigenvalue weighted by Crippen LogP contribution is 2.31. The number of unbranched alkanes of at least 4 members (excludes halogenated alkanes) is 1. The fourth-order valence-electron chi connectivity index (χ4n) is 4.10. The summed E-state index contributed by atoms with van der Waals surface area (Å²) in [6.45, 7) is 2.82. The molecule has 0 spiro atoms. The Bertz CT molecular complexity index is 935. The van der Waals surface area contributed by atoms with E-state index in [-0.39, 0.29) is 24.1 Å². The van der Waals surface area contributed by atoms with Crippen molar-refractivity contribution in [3.8, 4) is 5.75 Å². The number of halogens is 1. The molecule has 3 N–H and O–H groups in total. The van der Waals surface area contributed by atoms with Gasteiger partial charge in [0, 0.05) is 6.54 Å². The van der Waals surface area contributed by atoms with Crippen LogP contribution in [0.1, 0.15) is 51.0 Å². The Kier molecular flexibility index (Phi) is 8.10. The fraction of sp³-hybridized carbons (Fsp3) is 0.636. The third-order valence-corrected chi connectivity index (χ3v) is 7.64. The van der Waals surface area contributed by atoms with Gasteiger partial charge in [-0.05, 0) is 61.6 Å². The molecule has 1 aliphatic heterocycles. The van der Waals surface area contributed by atoms with Crippen LogP contribution in [0.3, 0.4) is 0 Å². The van der Waals surface area contributed by atoms with Gasteiger partial charge >= 0.3 is 6.03 Å². The number of ether oxygens (including phenoxy) is 1. The third kappa shape index (κ3) is 6.90. The number of rotatable bonds is 13. The zero-order valence-corrected chi connectivity index (χ0v) is 19.2. The molecule has 1 saturated carbocycles. The lowest BCUT2D eigenvalue weighted by Gasteiger charge is -2.25. The number of amides is 3. The number of nitrogens with one attached hydrogen (secondary N) is 1. The van der Waals surface area contributed by atoms with Gasteiger partial charge in [0.1, 0.15) is 6.54 Å². The van der Waals surface area contributed by atoms with Crippen LogP contribution in [-0.4, -0.2) is 50.2 Å². The van der Waals surface area contributed by atoms with E-state index in [1.54, 1.807) is 12.1 Å². The molecule has 2 atom stereocenters. The molecule has 3 rings (SSSR count). The van der Waals surface area contributed by atoms with Crippen LogP contribution in [0.25, 0.3) is 0 Å². The number of nitrogens with zero attached hydrogens (tertiary/aromatic N) is 1. The number of carbonyl (C=O) groups is 2. The summed E-state index contributed by atoms with van der Waals surface area (Å²) in [6.07, 6.45) is 4.73. The zero-order chi connectivity index (χ0) is 23.3. The number of nitrogens with two attached hydrogens (primary N) is 1. The van der Waals surface area contributed by atoms with Crippen molar-refractivity contribution in [1.29, 1.82) is 0 Å². The van der Waals surface area contributed by atoms with Crippen molar-refractivity contribution in [3.63, 3.8) is 0 Å². The lowest BCUT2D eigenvalue weighted by molar-refractivity contribution is -0.118. The summed E-state index contributed by atoms with van der Waals surface area (Å²) >= 11 is 0. The van der Waals surface area contributed by atoms with Crippen LogP contribution < -0.4 is 15.2 Å². The lowest BCUT2D eigenvalue weighted by atomic mass is 9.91. The first-order valence-electron chi connectivity index (χ1n) is 11.2. The summed E-state index contributed by atoms with van der Waals surface area (Å²) in [4.78, 5) is 24.3. The maximum absolute atomic E-state index is 14.1. The topological polar surface area (TPSA) is 119 Å². The van der Waals surface area contributed by atoms with Crippen molar-refractivity contribution in [2.75, 3.05) is 19.7 Å². The number of hydrogen-bond acceptors (Lipinski definition) is 5. The van der Waals surface area contributed by atoms with Crippen LogP contribution in [-0.2, 0) is 21.2 Å². The smallest absolute Gasteiger partial charge is 0.324 e. The first kappa shape index (κ1) is 24.4. The molecule has 3 amide bonds. The number of imide groups is 1. The van der Waals surface area contributed by atoms with E-state index in [1.807, 2.05) is 6.92 Å². The van der Waals surface area contributed by atoms with Gasteiger partial charge in [-0.2, -0.15) is 0 Å². The summed E-state index contributed by atoms with van der Waals surface area (Å²) in [5.41, 5.74) is 0.810. The van der Waals surface area contributed by atoms with Crippen LogP contribution in [0.2, 0.25) is 0 Å². The van der Waals surface area contributed by atoms with Gasteiger partial charge in [-0.1, -0.05) is 25.8 Å². The predicted octanol–water partition coefficient (Wildman–Crippen LogP) is 2.56. The normalized spacial score (nSPS) is 18.5. The number of primary sulfonamides is 1. The van der Waals surface area contributed by atoms with Crippen molar-refractivity contribution < 1.29 is 27.1 Å². The number of carbonyl (C=O) groups excluding carboxylic acids is 2. The molecule has 1 aliphatic carbocycles. The highest BCUT2D eigenvalue weighted by atomic mass is 32.2. The SMILES string of the molecule is CCC(Cc1ccc(F)c(OCC2CC2)c1)C(CCCCN1CC(=O)NC1=O)S(N)(=O)=O. The average molecular weight is 470 g/mol. The summed E-state index contributed by atoms with van der Waals surface area (Å²) < 4.78 is 44.4. The minimum atomic E-state index is -3.80. The summed E-state index contributed by atoms with van der Waals surface area (Å²) in [5, 5.41) is 7.03. The summed E-state index contributed by atoms with van der Waals surface area (Å²) in [5.74, 6) is -0.283. The molecule has 0 radical (unpaired) electrons. The highest BCUT2D eigenvalue weighted by Gasteiger charge is 2.31. The Morgan fingerprint density at radius 2 is 2.03 bits per heavy atom. The standard InChI is InChI=1S/C22H32FN3O5S/c1-2-17(11-16-8-9-18(23)19(12-16)31-14-15-6-7-15)20(32(24,29)30)5-3-4-10-26-13-21(27)25-22(26)28/h8-9,12,15,17,20H,2-7,10-11,13-14H2,1H3,(H2,24,29,30)(H,25,27,28). The van der Waals surface area contributed by atoms with Crippen LogP contribution in [0.4, 0.5) is 9.18 Å². The second kappa shape index (κ2) is 10.6. The van der Waals surface area contributed by atoms with Gasteiger partial charge in [0.25, 0.3) is 0 Å². The lowest BCUT2D eigenvalue weighted by Crippen LogP contribution is -2.36. The molecule has 2 aliphatic rings. The van der Waals surface area contributed by atoms with E-state index in [2.05, 4.69) is 5.32 Å². The van der Waals surface area contributed by atoms with Gasteiger partial charge in [0.05, 0.1) is 11.9 Å². The monoisotopic (exact) mass is 469 g/mol. The third-order valence-electron chi connectivity index (χ3n) is 6.17. The predicted molar refractivity (Wildman–Crippen MR) is 118 cm³/mol. The van der Waals surface area contributed by atoms with Gasteiger partial charge in [-0.15, -0.1) is 0 Å². The van der Waals surface area contributed by atoms with Crippen LogP contribution in [0, 0.1) is 17.7 Å². The Labute approximate surface area is 188 Å². The summed E-state index contributed by atoms with van der Waals surface area (Å²) in [6, 6.07) is 4.26. The second-order valence-corrected chi connectivity index (χ2v) is 10.6. The van der Waals surface area contributed by atoms with E-state index in [1.165, 1.54) is 11.0 Å². The van der Waals surface area contributed by atoms with Crippen LogP contribution in [0.15, 0.2) is 18.2 Å². The van der Waals surface area contributed by atoms with Crippen molar-refractivity contribution in [2.24, 2.45) is 17.0 Å². The van der Waals surface area contributed by atoms with Crippen molar-refractivity contribution in [1.82, 2.24) is 10.2 Å². The quantitative estimate of drug-likeness (QED) is 0.340. The maximum atomic E-state index is 14.1. The minimum Gasteiger partial charge on any atom is -0.490 e. The van der Waals surface area contributed by atoms with Gasteiger partial charge in [-0.3, -0.25) is 10.1 Å². The van der Waals surface area contributed by atoms with E-state index in [0.717, 1.165) is 18.4 Å². The van der Waals surface area contributed by atoms with E-state index in [4.69, 9.17) is 9.88 Å². The molecule has 10 heteroatoms. The molecule has 1 aromatic rings. The van der Waals surface area contributed by atoms with Crippen LogP contribution >= 0.6 is 0 Å². The van der Waals surface area contributed by atoms with Gasteiger partial charge in [-0.25, -0.2) is 22.7 Å².